The first kappa shape index (κ1) is 9.46. The summed E-state index contributed by atoms with van der Waals surface area (Å²) in [5.74, 6) is 0.400. The third-order valence-corrected chi connectivity index (χ3v) is 3.33. The zero-order valence-corrected chi connectivity index (χ0v) is 9.54. The quantitative estimate of drug-likeness (QED) is 0.701. The highest BCUT2D eigenvalue weighted by molar-refractivity contribution is 5.99. The predicted octanol–water partition coefficient (Wildman–Crippen LogP) is 3.81. The molecule has 1 N–H and O–H groups in total. The summed E-state index contributed by atoms with van der Waals surface area (Å²) in [4.78, 5) is 0. The van der Waals surface area contributed by atoms with Gasteiger partial charge in [-0.15, -0.1) is 0 Å². The van der Waals surface area contributed by atoms with Crippen LogP contribution in [-0.2, 0) is 6.42 Å². The van der Waals surface area contributed by atoms with Gasteiger partial charge < -0.3 is 5.11 Å². The molecule has 0 amide bonds. The Bertz CT molecular complexity index is 621. The van der Waals surface area contributed by atoms with Crippen LogP contribution in [-0.4, -0.2) is 5.11 Å². The zero-order chi connectivity index (χ0) is 11.3. The molecule has 0 heterocycles. The van der Waals surface area contributed by atoms with Gasteiger partial charge in [0.15, 0.2) is 0 Å². The minimum Gasteiger partial charge on any atom is -0.507 e. The minimum absolute atomic E-state index is 0.400. The molecule has 0 bridgehead atoms. The first-order valence-electron chi connectivity index (χ1n) is 5.58. The number of allylic oxidation sites excluding steroid dienone is 1. The van der Waals surface area contributed by atoms with Crippen molar-refractivity contribution in [1.29, 1.82) is 0 Å². The summed E-state index contributed by atoms with van der Waals surface area (Å²) in [5.41, 5.74) is 4.76. The van der Waals surface area contributed by atoms with E-state index in [2.05, 4.69) is 31.2 Å². The van der Waals surface area contributed by atoms with E-state index in [-0.39, 0.29) is 0 Å². The van der Waals surface area contributed by atoms with Crippen LogP contribution in [0.4, 0.5) is 0 Å². The van der Waals surface area contributed by atoms with E-state index in [1.54, 1.807) is 0 Å². The molecule has 80 valence electrons. The number of aryl methyl sites for hydroxylation is 1. The van der Waals surface area contributed by atoms with Crippen LogP contribution in [0, 0.1) is 6.92 Å². The van der Waals surface area contributed by atoms with Crippen molar-refractivity contribution in [2.75, 3.05) is 0 Å². The zero-order valence-electron chi connectivity index (χ0n) is 9.54. The summed E-state index contributed by atoms with van der Waals surface area (Å²) in [6, 6.07) is 8.24. The molecule has 2 aromatic rings. The van der Waals surface area contributed by atoms with Crippen molar-refractivity contribution in [3.8, 4) is 5.75 Å². The lowest BCUT2D eigenvalue weighted by atomic mass is 9.87. The molecule has 1 heteroatoms. The first-order chi connectivity index (χ1) is 7.66. The predicted molar refractivity (Wildman–Crippen MR) is 67.7 cm³/mol. The van der Waals surface area contributed by atoms with Crippen LogP contribution < -0.4 is 0 Å². The molecular formula is C15H14O. The SMILES string of the molecule is CC1=Cc2c(O)cc(C)c3cccc(c23)C1. The van der Waals surface area contributed by atoms with Crippen LogP contribution in [0.15, 0.2) is 29.8 Å². The van der Waals surface area contributed by atoms with Crippen molar-refractivity contribution in [1.82, 2.24) is 0 Å². The van der Waals surface area contributed by atoms with Gasteiger partial charge in [-0.1, -0.05) is 29.8 Å². The van der Waals surface area contributed by atoms with Crippen LogP contribution in [0.5, 0.6) is 5.75 Å². The molecule has 0 unspecified atom stereocenters. The lowest BCUT2D eigenvalue weighted by molar-refractivity contribution is 0.474. The van der Waals surface area contributed by atoms with Crippen LogP contribution in [0.1, 0.15) is 23.6 Å². The van der Waals surface area contributed by atoms with E-state index in [9.17, 15) is 5.11 Å². The maximum absolute atomic E-state index is 10.0. The van der Waals surface area contributed by atoms with Crippen LogP contribution >= 0.6 is 0 Å². The van der Waals surface area contributed by atoms with E-state index in [0.717, 1.165) is 17.5 Å². The molecular weight excluding hydrogens is 196 g/mol. The van der Waals surface area contributed by atoms with Gasteiger partial charge in [-0.2, -0.15) is 0 Å². The van der Waals surface area contributed by atoms with Gasteiger partial charge in [0.25, 0.3) is 0 Å². The molecule has 0 radical (unpaired) electrons. The molecule has 0 atom stereocenters. The van der Waals surface area contributed by atoms with E-state index in [0.29, 0.717) is 5.75 Å². The van der Waals surface area contributed by atoms with Gasteiger partial charge in [0.05, 0.1) is 0 Å². The normalized spacial score (nSPS) is 14.0. The smallest absolute Gasteiger partial charge is 0.123 e. The average Bonchev–Trinajstić information content (AvgIpc) is 2.25. The Morgan fingerprint density at radius 2 is 2.00 bits per heavy atom. The van der Waals surface area contributed by atoms with Gasteiger partial charge in [0.1, 0.15) is 5.75 Å². The first-order valence-corrected chi connectivity index (χ1v) is 5.58. The van der Waals surface area contributed by atoms with Crippen LogP contribution in [0.3, 0.4) is 0 Å². The Balaban J connectivity index is 2.55. The number of phenolic OH excluding ortho intramolecular Hbond substituents is 1. The molecule has 0 saturated heterocycles. The van der Waals surface area contributed by atoms with Crippen molar-refractivity contribution in [3.05, 3.63) is 46.5 Å². The number of rotatable bonds is 0. The molecule has 16 heavy (non-hydrogen) atoms. The van der Waals surface area contributed by atoms with E-state index in [4.69, 9.17) is 0 Å². The number of benzene rings is 2. The molecule has 0 saturated carbocycles. The fourth-order valence-electron chi connectivity index (χ4n) is 2.63. The Morgan fingerprint density at radius 3 is 2.81 bits per heavy atom. The highest BCUT2D eigenvalue weighted by Gasteiger charge is 2.15. The minimum atomic E-state index is 0.400. The number of aromatic hydroxyl groups is 1. The molecule has 1 nitrogen and oxygen atoms in total. The maximum Gasteiger partial charge on any atom is 0.123 e. The molecule has 0 spiro atoms. The summed E-state index contributed by atoms with van der Waals surface area (Å²) >= 11 is 0. The van der Waals surface area contributed by atoms with Crippen molar-refractivity contribution < 1.29 is 5.11 Å². The molecule has 3 rings (SSSR count). The van der Waals surface area contributed by atoms with Crippen molar-refractivity contribution in [2.24, 2.45) is 0 Å². The lowest BCUT2D eigenvalue weighted by Gasteiger charge is -2.18. The van der Waals surface area contributed by atoms with Gasteiger partial charge in [-0.05, 0) is 48.2 Å². The van der Waals surface area contributed by atoms with Crippen LogP contribution in [0.2, 0.25) is 0 Å². The molecule has 0 aromatic heterocycles. The third-order valence-electron chi connectivity index (χ3n) is 3.33. The van der Waals surface area contributed by atoms with E-state index >= 15 is 0 Å². The molecule has 2 aromatic carbocycles. The van der Waals surface area contributed by atoms with E-state index in [1.807, 2.05) is 13.0 Å². The standard InChI is InChI=1S/C15H14O/c1-9-6-11-4-3-5-12-10(2)8-14(16)13(7-9)15(11)12/h3-5,7-8,16H,6H2,1-2H3. The monoisotopic (exact) mass is 210 g/mol. The highest BCUT2D eigenvalue weighted by Crippen LogP contribution is 2.37. The second-order valence-electron chi connectivity index (χ2n) is 4.63. The molecule has 0 aliphatic heterocycles. The average molecular weight is 210 g/mol. The van der Waals surface area contributed by atoms with Crippen molar-refractivity contribution in [2.45, 2.75) is 20.3 Å². The second-order valence-corrected chi connectivity index (χ2v) is 4.63. The molecule has 0 fully saturated rings. The number of hydrogen-bond donors (Lipinski definition) is 1. The fourth-order valence-corrected chi connectivity index (χ4v) is 2.63. The van der Waals surface area contributed by atoms with Gasteiger partial charge in [-0.25, -0.2) is 0 Å². The summed E-state index contributed by atoms with van der Waals surface area (Å²) in [7, 11) is 0. The van der Waals surface area contributed by atoms with Gasteiger partial charge in [-0.3, -0.25) is 0 Å². The molecule has 1 aliphatic carbocycles. The van der Waals surface area contributed by atoms with E-state index < -0.39 is 0 Å². The summed E-state index contributed by atoms with van der Waals surface area (Å²) < 4.78 is 0. The summed E-state index contributed by atoms with van der Waals surface area (Å²) in [5, 5.41) is 12.5. The topological polar surface area (TPSA) is 20.2 Å². The van der Waals surface area contributed by atoms with Gasteiger partial charge in [0.2, 0.25) is 0 Å². The fraction of sp³-hybridized carbons (Fsp3) is 0.200. The Morgan fingerprint density at radius 1 is 1.19 bits per heavy atom. The highest BCUT2D eigenvalue weighted by atomic mass is 16.3. The van der Waals surface area contributed by atoms with Crippen molar-refractivity contribution >= 4 is 16.8 Å². The van der Waals surface area contributed by atoms with Crippen molar-refractivity contribution in [3.63, 3.8) is 0 Å². The number of phenols is 1. The molecule has 1 aliphatic rings. The lowest BCUT2D eigenvalue weighted by Crippen LogP contribution is -1.98. The van der Waals surface area contributed by atoms with Gasteiger partial charge in [0, 0.05) is 5.56 Å². The Labute approximate surface area is 95.0 Å². The largest absolute Gasteiger partial charge is 0.507 e. The van der Waals surface area contributed by atoms with E-state index in [1.165, 1.54) is 21.9 Å². The Hall–Kier alpha value is -1.76. The maximum atomic E-state index is 10.0. The summed E-state index contributed by atoms with van der Waals surface area (Å²) in [6.45, 7) is 4.16. The second kappa shape index (κ2) is 3.11. The van der Waals surface area contributed by atoms with Crippen LogP contribution in [0.25, 0.3) is 16.8 Å². The Kier molecular flexibility index (Phi) is 1.84. The number of hydrogen-bond acceptors (Lipinski definition) is 1. The third kappa shape index (κ3) is 1.18. The van der Waals surface area contributed by atoms with Gasteiger partial charge >= 0.3 is 0 Å². The summed E-state index contributed by atoms with van der Waals surface area (Å²) in [6.07, 6.45) is 3.09.